The molecule has 20 heavy (non-hydrogen) atoms. The number of nitrogens with zero attached hydrogens (tertiary/aromatic N) is 2. The van der Waals surface area contributed by atoms with E-state index in [9.17, 15) is 4.79 Å². The Bertz CT molecular complexity index is 646. The number of anilines is 1. The van der Waals surface area contributed by atoms with Crippen LogP contribution in [0.4, 0.5) is 5.82 Å². The summed E-state index contributed by atoms with van der Waals surface area (Å²) in [5.41, 5.74) is 6.85. The van der Waals surface area contributed by atoms with Crippen LogP contribution in [0.25, 0.3) is 0 Å². The molecule has 0 aliphatic heterocycles. The monoisotopic (exact) mass is 309 g/mol. The minimum atomic E-state index is -0.218. The van der Waals surface area contributed by atoms with Crippen LogP contribution in [0.3, 0.4) is 0 Å². The fourth-order valence-corrected chi connectivity index (χ4v) is 2.20. The first kappa shape index (κ1) is 14.6. The number of carbonyl (C=O) groups is 1. The summed E-state index contributed by atoms with van der Waals surface area (Å²) in [6.07, 6.45) is 1.37. The third-order valence-corrected chi connectivity index (χ3v) is 3.30. The van der Waals surface area contributed by atoms with Crippen LogP contribution in [0.2, 0.25) is 10.0 Å². The highest BCUT2D eigenvalue weighted by Gasteiger charge is 2.16. The molecule has 1 aromatic carbocycles. The molecule has 1 heterocycles. The molecule has 0 radical (unpaired) electrons. The van der Waals surface area contributed by atoms with Gasteiger partial charge in [-0.05, 0) is 23.8 Å². The molecule has 0 unspecified atom stereocenters. The predicted octanol–water partition coefficient (Wildman–Crippen LogP) is 3.24. The fraction of sp³-hybridized carbons (Fsp3) is 0.143. The number of carbonyl (C=O) groups excluding carboxylic acids is 1. The van der Waals surface area contributed by atoms with Gasteiger partial charge < -0.3 is 10.6 Å². The van der Waals surface area contributed by atoms with Crippen LogP contribution in [-0.2, 0) is 6.54 Å². The van der Waals surface area contributed by atoms with Crippen LogP contribution < -0.4 is 5.73 Å². The van der Waals surface area contributed by atoms with Gasteiger partial charge in [-0.2, -0.15) is 0 Å². The molecule has 0 atom stereocenters. The highest BCUT2D eigenvalue weighted by molar-refractivity contribution is 6.33. The van der Waals surface area contributed by atoms with Crippen molar-refractivity contribution >= 4 is 34.9 Å². The number of nitrogen functional groups attached to an aromatic ring is 1. The topological polar surface area (TPSA) is 59.2 Å². The van der Waals surface area contributed by atoms with Gasteiger partial charge in [-0.3, -0.25) is 4.79 Å². The van der Waals surface area contributed by atoms with E-state index in [0.717, 1.165) is 5.56 Å². The predicted molar refractivity (Wildman–Crippen MR) is 80.9 cm³/mol. The SMILES string of the molecule is CN(Cc1cccc(Cl)c1)C(=O)c1cc(N)ncc1Cl. The van der Waals surface area contributed by atoms with Gasteiger partial charge >= 0.3 is 0 Å². The average molecular weight is 310 g/mol. The van der Waals surface area contributed by atoms with E-state index in [1.807, 2.05) is 18.2 Å². The van der Waals surface area contributed by atoms with Crippen LogP contribution in [0.15, 0.2) is 36.5 Å². The Kier molecular flexibility index (Phi) is 4.47. The van der Waals surface area contributed by atoms with Crippen LogP contribution in [0.5, 0.6) is 0 Å². The molecule has 4 nitrogen and oxygen atoms in total. The second-order valence-corrected chi connectivity index (χ2v) is 5.22. The summed E-state index contributed by atoms with van der Waals surface area (Å²) >= 11 is 11.9. The maximum Gasteiger partial charge on any atom is 0.255 e. The Morgan fingerprint density at radius 3 is 2.80 bits per heavy atom. The molecule has 0 fully saturated rings. The molecule has 0 spiro atoms. The third-order valence-electron chi connectivity index (χ3n) is 2.76. The summed E-state index contributed by atoms with van der Waals surface area (Å²) in [4.78, 5) is 17.7. The van der Waals surface area contributed by atoms with Gasteiger partial charge in [0.05, 0.1) is 10.6 Å². The second kappa shape index (κ2) is 6.11. The minimum Gasteiger partial charge on any atom is -0.384 e. The van der Waals surface area contributed by atoms with Crippen LogP contribution in [0, 0.1) is 0 Å². The van der Waals surface area contributed by atoms with Crippen molar-refractivity contribution in [3.63, 3.8) is 0 Å². The third kappa shape index (κ3) is 3.40. The zero-order valence-electron chi connectivity index (χ0n) is 10.8. The Labute approximate surface area is 127 Å². The molecule has 2 rings (SSSR count). The molecule has 0 aliphatic rings. The van der Waals surface area contributed by atoms with Gasteiger partial charge in [0, 0.05) is 24.8 Å². The maximum absolute atomic E-state index is 12.3. The highest BCUT2D eigenvalue weighted by Crippen LogP contribution is 2.19. The van der Waals surface area contributed by atoms with Crippen molar-refractivity contribution in [2.24, 2.45) is 0 Å². The largest absolute Gasteiger partial charge is 0.384 e. The van der Waals surface area contributed by atoms with Crippen molar-refractivity contribution in [2.45, 2.75) is 6.54 Å². The van der Waals surface area contributed by atoms with Crippen molar-refractivity contribution < 1.29 is 4.79 Å². The van der Waals surface area contributed by atoms with Crippen molar-refractivity contribution in [2.75, 3.05) is 12.8 Å². The van der Waals surface area contributed by atoms with Gasteiger partial charge in [-0.15, -0.1) is 0 Å². The molecular formula is C14H13Cl2N3O. The van der Waals surface area contributed by atoms with Crippen molar-refractivity contribution in [3.05, 3.63) is 57.7 Å². The average Bonchev–Trinajstić information content (AvgIpc) is 2.40. The maximum atomic E-state index is 12.3. The molecular weight excluding hydrogens is 297 g/mol. The minimum absolute atomic E-state index is 0.218. The molecule has 1 aromatic heterocycles. The molecule has 6 heteroatoms. The number of halogens is 2. The quantitative estimate of drug-likeness (QED) is 0.947. The van der Waals surface area contributed by atoms with Crippen LogP contribution in [-0.4, -0.2) is 22.8 Å². The van der Waals surface area contributed by atoms with E-state index in [2.05, 4.69) is 4.98 Å². The zero-order chi connectivity index (χ0) is 14.7. The van der Waals surface area contributed by atoms with E-state index < -0.39 is 0 Å². The van der Waals surface area contributed by atoms with Gasteiger partial charge in [-0.25, -0.2) is 4.98 Å². The van der Waals surface area contributed by atoms with Gasteiger partial charge in [-0.1, -0.05) is 35.3 Å². The van der Waals surface area contributed by atoms with E-state index in [1.54, 1.807) is 18.0 Å². The normalized spacial score (nSPS) is 10.3. The van der Waals surface area contributed by atoms with Crippen molar-refractivity contribution in [1.82, 2.24) is 9.88 Å². The van der Waals surface area contributed by atoms with Crippen molar-refractivity contribution in [1.29, 1.82) is 0 Å². The Morgan fingerprint density at radius 1 is 1.35 bits per heavy atom. The summed E-state index contributed by atoms with van der Waals surface area (Å²) in [6.45, 7) is 0.429. The number of hydrogen-bond acceptors (Lipinski definition) is 3. The lowest BCUT2D eigenvalue weighted by molar-refractivity contribution is 0.0785. The van der Waals surface area contributed by atoms with Crippen molar-refractivity contribution in [3.8, 4) is 0 Å². The molecule has 0 aliphatic carbocycles. The fourth-order valence-electron chi connectivity index (χ4n) is 1.81. The highest BCUT2D eigenvalue weighted by atomic mass is 35.5. The van der Waals surface area contributed by atoms with Gasteiger partial charge in [0.25, 0.3) is 5.91 Å². The molecule has 104 valence electrons. The summed E-state index contributed by atoms with van der Waals surface area (Å²) in [7, 11) is 1.69. The number of pyridine rings is 1. The second-order valence-electron chi connectivity index (χ2n) is 4.38. The summed E-state index contributed by atoms with van der Waals surface area (Å²) in [5, 5.41) is 0.914. The smallest absolute Gasteiger partial charge is 0.255 e. The lowest BCUT2D eigenvalue weighted by Gasteiger charge is -2.18. The summed E-state index contributed by atoms with van der Waals surface area (Å²) in [6, 6.07) is 8.81. The number of nitrogens with two attached hydrogens (primary N) is 1. The molecule has 2 N–H and O–H groups in total. The Hall–Kier alpha value is -1.78. The number of rotatable bonds is 3. The van der Waals surface area contributed by atoms with E-state index >= 15 is 0 Å². The lowest BCUT2D eigenvalue weighted by atomic mass is 10.2. The van der Waals surface area contributed by atoms with Gasteiger partial charge in [0.1, 0.15) is 5.82 Å². The molecule has 0 saturated carbocycles. The van der Waals surface area contributed by atoms with Gasteiger partial charge in [0.15, 0.2) is 0 Å². The van der Waals surface area contributed by atoms with Gasteiger partial charge in [0.2, 0.25) is 0 Å². The molecule has 0 saturated heterocycles. The Morgan fingerprint density at radius 2 is 2.10 bits per heavy atom. The van der Waals surface area contributed by atoms with E-state index in [4.69, 9.17) is 28.9 Å². The Balaban J connectivity index is 2.18. The van der Waals surface area contributed by atoms with E-state index in [-0.39, 0.29) is 16.7 Å². The first-order valence-corrected chi connectivity index (χ1v) is 6.64. The molecule has 1 amide bonds. The summed E-state index contributed by atoms with van der Waals surface area (Å²) < 4.78 is 0. The molecule has 2 aromatic rings. The first-order chi connectivity index (χ1) is 9.47. The van der Waals surface area contributed by atoms with Crippen LogP contribution in [0.1, 0.15) is 15.9 Å². The number of benzene rings is 1. The first-order valence-electron chi connectivity index (χ1n) is 5.88. The lowest BCUT2D eigenvalue weighted by Crippen LogP contribution is -2.26. The van der Waals surface area contributed by atoms with E-state index in [1.165, 1.54) is 12.3 Å². The van der Waals surface area contributed by atoms with E-state index in [0.29, 0.717) is 17.1 Å². The zero-order valence-corrected chi connectivity index (χ0v) is 12.3. The number of amides is 1. The molecule has 0 bridgehead atoms. The van der Waals surface area contributed by atoms with Crippen LogP contribution >= 0.6 is 23.2 Å². The number of hydrogen-bond donors (Lipinski definition) is 1. The standard InChI is InChI=1S/C14H13Cl2N3O/c1-19(8-9-3-2-4-10(15)5-9)14(20)11-6-13(17)18-7-12(11)16/h2-7H,8H2,1H3,(H2,17,18). The number of aromatic nitrogens is 1. The summed E-state index contributed by atoms with van der Waals surface area (Å²) in [5.74, 6) is 0.0398.